The molecule has 0 fully saturated rings. The minimum atomic E-state index is -0.424. The number of likely N-dealkylation sites (N-methyl/N-ethyl adjacent to an activating group) is 1. The van der Waals surface area contributed by atoms with Crippen LogP contribution < -0.4 is 5.32 Å². The first-order chi connectivity index (χ1) is 9.17. The zero-order valence-corrected chi connectivity index (χ0v) is 11.4. The van der Waals surface area contributed by atoms with E-state index in [4.69, 9.17) is 9.47 Å². The third kappa shape index (κ3) is 6.09. The Hall–Kier alpha value is -1.04. The first-order valence-electron chi connectivity index (χ1n) is 6.41. The zero-order chi connectivity index (χ0) is 14.1. The van der Waals surface area contributed by atoms with E-state index < -0.39 is 5.82 Å². The van der Waals surface area contributed by atoms with Gasteiger partial charge in [-0.3, -0.25) is 0 Å². The van der Waals surface area contributed by atoms with Crippen LogP contribution in [0.4, 0.5) is 8.78 Å². The Morgan fingerprint density at radius 3 is 2.74 bits per heavy atom. The van der Waals surface area contributed by atoms with Crippen molar-refractivity contribution in [2.24, 2.45) is 0 Å². The first-order valence-corrected chi connectivity index (χ1v) is 6.41. The molecular formula is C14H21F2NO2. The van der Waals surface area contributed by atoms with Crippen molar-refractivity contribution in [2.45, 2.75) is 19.4 Å². The monoisotopic (exact) mass is 273 g/mol. The van der Waals surface area contributed by atoms with Crippen molar-refractivity contribution in [3.63, 3.8) is 0 Å². The second-order valence-corrected chi connectivity index (χ2v) is 4.26. The molecular weight excluding hydrogens is 252 g/mol. The van der Waals surface area contributed by atoms with Gasteiger partial charge in [-0.2, -0.15) is 0 Å². The predicted octanol–water partition coefficient (Wildman–Crippen LogP) is 2.15. The normalized spacial score (nSPS) is 12.6. The summed E-state index contributed by atoms with van der Waals surface area (Å²) in [6.07, 6.45) is 0.393. The Bertz CT molecular complexity index is 374. The van der Waals surface area contributed by atoms with E-state index in [0.29, 0.717) is 31.8 Å². The highest BCUT2D eigenvalue weighted by Gasteiger charge is 2.12. The number of methoxy groups -OCH3 is 1. The van der Waals surface area contributed by atoms with Crippen LogP contribution in [0.2, 0.25) is 0 Å². The maximum atomic E-state index is 13.6. The number of hydrogen-bond donors (Lipinski definition) is 1. The van der Waals surface area contributed by atoms with Crippen molar-refractivity contribution < 1.29 is 18.3 Å². The SMILES string of the molecule is CCNC(COCCOC)Cc1cc(F)ccc1F. The molecule has 1 aromatic carbocycles. The molecule has 1 N–H and O–H groups in total. The molecule has 0 aromatic heterocycles. The Morgan fingerprint density at radius 2 is 2.05 bits per heavy atom. The molecule has 3 nitrogen and oxygen atoms in total. The van der Waals surface area contributed by atoms with Crippen molar-refractivity contribution >= 4 is 0 Å². The summed E-state index contributed by atoms with van der Waals surface area (Å²) in [6, 6.07) is 3.46. The molecule has 1 rings (SSSR count). The number of nitrogens with one attached hydrogen (secondary N) is 1. The molecule has 0 amide bonds. The van der Waals surface area contributed by atoms with Gasteiger partial charge in [-0.25, -0.2) is 8.78 Å². The van der Waals surface area contributed by atoms with Crippen LogP contribution >= 0.6 is 0 Å². The number of rotatable bonds is 9. The maximum Gasteiger partial charge on any atom is 0.126 e. The summed E-state index contributed by atoms with van der Waals surface area (Å²) >= 11 is 0. The van der Waals surface area contributed by atoms with Crippen LogP contribution in [0.3, 0.4) is 0 Å². The highest BCUT2D eigenvalue weighted by molar-refractivity contribution is 5.19. The number of halogens is 2. The summed E-state index contributed by atoms with van der Waals surface area (Å²) in [7, 11) is 1.60. The lowest BCUT2D eigenvalue weighted by Crippen LogP contribution is -2.36. The molecule has 19 heavy (non-hydrogen) atoms. The van der Waals surface area contributed by atoms with Gasteiger partial charge in [0, 0.05) is 13.2 Å². The van der Waals surface area contributed by atoms with Crippen LogP contribution in [0.1, 0.15) is 12.5 Å². The fourth-order valence-electron chi connectivity index (χ4n) is 1.81. The van der Waals surface area contributed by atoms with E-state index in [1.165, 1.54) is 6.07 Å². The van der Waals surface area contributed by atoms with Crippen LogP contribution in [0, 0.1) is 11.6 Å². The summed E-state index contributed by atoms with van der Waals surface area (Å²) in [5.74, 6) is -0.812. The van der Waals surface area contributed by atoms with Crippen molar-refractivity contribution in [3.05, 3.63) is 35.4 Å². The molecule has 108 valence electrons. The van der Waals surface area contributed by atoms with E-state index >= 15 is 0 Å². The largest absolute Gasteiger partial charge is 0.382 e. The Morgan fingerprint density at radius 1 is 1.26 bits per heavy atom. The van der Waals surface area contributed by atoms with E-state index in [9.17, 15) is 8.78 Å². The van der Waals surface area contributed by atoms with Gasteiger partial charge in [0.05, 0.1) is 19.8 Å². The Labute approximate surface area is 112 Å². The molecule has 5 heteroatoms. The fraction of sp³-hybridized carbons (Fsp3) is 0.571. The van der Waals surface area contributed by atoms with Crippen LogP contribution in [0.25, 0.3) is 0 Å². The highest BCUT2D eigenvalue weighted by Crippen LogP contribution is 2.12. The molecule has 1 aromatic rings. The van der Waals surface area contributed by atoms with Crippen molar-refractivity contribution in [1.82, 2.24) is 5.32 Å². The summed E-state index contributed by atoms with van der Waals surface area (Å²) < 4.78 is 37.0. The van der Waals surface area contributed by atoms with Crippen LogP contribution in [0.15, 0.2) is 18.2 Å². The summed E-state index contributed by atoms with van der Waals surface area (Å²) in [5.41, 5.74) is 0.362. The van der Waals surface area contributed by atoms with Gasteiger partial charge in [-0.1, -0.05) is 6.92 Å². The molecule has 0 heterocycles. The summed E-state index contributed by atoms with van der Waals surface area (Å²) in [4.78, 5) is 0. The van der Waals surface area contributed by atoms with Crippen molar-refractivity contribution in [3.8, 4) is 0 Å². The lowest BCUT2D eigenvalue weighted by molar-refractivity contribution is 0.0588. The molecule has 0 bridgehead atoms. The minimum Gasteiger partial charge on any atom is -0.382 e. The summed E-state index contributed by atoms with van der Waals surface area (Å²) in [5, 5.41) is 3.20. The smallest absolute Gasteiger partial charge is 0.126 e. The second kappa shape index (κ2) is 8.96. The lowest BCUT2D eigenvalue weighted by atomic mass is 10.1. The molecule has 0 saturated heterocycles. The minimum absolute atomic E-state index is 0.0434. The van der Waals surface area contributed by atoms with E-state index in [0.717, 1.165) is 18.7 Å². The third-order valence-electron chi connectivity index (χ3n) is 2.72. The third-order valence-corrected chi connectivity index (χ3v) is 2.72. The number of benzene rings is 1. The van der Waals surface area contributed by atoms with E-state index in [1.54, 1.807) is 7.11 Å². The molecule has 1 atom stereocenters. The highest BCUT2D eigenvalue weighted by atomic mass is 19.1. The van der Waals surface area contributed by atoms with Gasteiger partial charge in [0.25, 0.3) is 0 Å². The van der Waals surface area contributed by atoms with Gasteiger partial charge in [0.15, 0.2) is 0 Å². The van der Waals surface area contributed by atoms with Crippen molar-refractivity contribution in [2.75, 3.05) is 33.5 Å². The van der Waals surface area contributed by atoms with E-state index in [2.05, 4.69) is 5.32 Å². The molecule has 0 aliphatic heterocycles. The first kappa shape index (κ1) is 16.0. The summed E-state index contributed by atoms with van der Waals surface area (Å²) in [6.45, 7) is 4.16. The van der Waals surface area contributed by atoms with Crippen molar-refractivity contribution in [1.29, 1.82) is 0 Å². The average molecular weight is 273 g/mol. The Balaban J connectivity index is 2.54. The van der Waals surface area contributed by atoms with Gasteiger partial charge in [0.2, 0.25) is 0 Å². The number of ether oxygens (including phenoxy) is 2. The topological polar surface area (TPSA) is 30.5 Å². The van der Waals surface area contributed by atoms with E-state index in [1.807, 2.05) is 6.92 Å². The average Bonchev–Trinajstić information content (AvgIpc) is 2.39. The molecule has 0 aliphatic carbocycles. The van der Waals surface area contributed by atoms with Gasteiger partial charge in [0.1, 0.15) is 11.6 Å². The van der Waals surface area contributed by atoms with Gasteiger partial charge in [-0.05, 0) is 36.7 Å². The predicted molar refractivity (Wildman–Crippen MR) is 70.2 cm³/mol. The fourth-order valence-corrected chi connectivity index (χ4v) is 1.81. The molecule has 0 radical (unpaired) electrons. The zero-order valence-electron chi connectivity index (χ0n) is 11.4. The number of hydrogen-bond acceptors (Lipinski definition) is 3. The molecule has 0 spiro atoms. The quantitative estimate of drug-likeness (QED) is 0.699. The van der Waals surface area contributed by atoms with Gasteiger partial charge in [-0.15, -0.1) is 0 Å². The molecule has 1 unspecified atom stereocenters. The standard InChI is InChI=1S/C14H21F2NO2/c1-3-17-13(10-19-7-6-18-2)9-11-8-12(15)4-5-14(11)16/h4-5,8,13,17H,3,6-7,9-10H2,1-2H3. The second-order valence-electron chi connectivity index (χ2n) is 4.26. The van der Waals surface area contributed by atoms with E-state index in [-0.39, 0.29) is 11.9 Å². The van der Waals surface area contributed by atoms with Gasteiger partial charge >= 0.3 is 0 Å². The van der Waals surface area contributed by atoms with Crippen LogP contribution in [-0.2, 0) is 15.9 Å². The molecule has 0 aliphatic rings. The Kier molecular flexibility index (Phi) is 7.55. The lowest BCUT2D eigenvalue weighted by Gasteiger charge is -2.18. The van der Waals surface area contributed by atoms with Gasteiger partial charge < -0.3 is 14.8 Å². The van der Waals surface area contributed by atoms with Crippen LogP contribution in [-0.4, -0.2) is 39.5 Å². The maximum absolute atomic E-state index is 13.6. The molecule has 0 saturated carbocycles. The van der Waals surface area contributed by atoms with Crippen LogP contribution in [0.5, 0.6) is 0 Å².